The molecule has 3 heterocycles. The third-order valence-electron chi connectivity index (χ3n) is 3.81. The number of aromatic nitrogens is 3. The molecular formula is C18H15N5O2S2. The molecule has 4 aromatic rings. The average molecular weight is 397 g/mol. The molecule has 0 fully saturated rings. The van der Waals surface area contributed by atoms with Crippen LogP contribution in [0.15, 0.2) is 47.3 Å². The van der Waals surface area contributed by atoms with Crippen molar-refractivity contribution in [2.75, 3.05) is 10.6 Å². The molecule has 0 aliphatic carbocycles. The van der Waals surface area contributed by atoms with Crippen LogP contribution in [0.2, 0.25) is 0 Å². The maximum Gasteiger partial charge on any atom is 0.231 e. The van der Waals surface area contributed by atoms with Crippen LogP contribution >= 0.6 is 22.7 Å². The Morgan fingerprint density at radius 3 is 2.78 bits per heavy atom. The monoisotopic (exact) mass is 397 g/mol. The first-order chi connectivity index (χ1) is 13.2. The molecular weight excluding hydrogens is 382 g/mol. The molecule has 0 spiro atoms. The van der Waals surface area contributed by atoms with Crippen molar-refractivity contribution in [3.63, 3.8) is 0 Å². The van der Waals surface area contributed by atoms with Crippen LogP contribution in [0.25, 0.3) is 10.9 Å². The molecule has 4 rings (SSSR count). The number of benzene rings is 1. The molecule has 0 saturated carbocycles. The first kappa shape index (κ1) is 17.4. The van der Waals surface area contributed by atoms with Gasteiger partial charge >= 0.3 is 0 Å². The highest BCUT2D eigenvalue weighted by Crippen LogP contribution is 2.21. The van der Waals surface area contributed by atoms with Crippen LogP contribution in [0.1, 0.15) is 10.6 Å². The van der Waals surface area contributed by atoms with Gasteiger partial charge in [0.05, 0.1) is 35.9 Å². The molecule has 0 unspecified atom stereocenters. The van der Waals surface area contributed by atoms with Crippen LogP contribution in [-0.4, -0.2) is 27.0 Å². The van der Waals surface area contributed by atoms with Gasteiger partial charge in [0.25, 0.3) is 0 Å². The predicted octanol–water partition coefficient (Wildman–Crippen LogP) is 3.44. The topological polar surface area (TPSA) is 99.8 Å². The van der Waals surface area contributed by atoms with E-state index in [0.717, 1.165) is 15.8 Å². The molecule has 0 saturated heterocycles. The summed E-state index contributed by atoms with van der Waals surface area (Å²) in [5.74, 6) is -0.299. The number of carbonyl (C=O) groups excluding carboxylic acids is 2. The third-order valence-corrected chi connectivity index (χ3v) is 5.49. The largest absolute Gasteiger partial charge is 0.324 e. The van der Waals surface area contributed by atoms with Crippen molar-refractivity contribution in [3.05, 3.63) is 57.9 Å². The van der Waals surface area contributed by atoms with Crippen LogP contribution in [-0.2, 0) is 22.4 Å². The van der Waals surface area contributed by atoms with Gasteiger partial charge in [-0.15, -0.1) is 22.7 Å². The number of amides is 2. The van der Waals surface area contributed by atoms with Gasteiger partial charge < -0.3 is 10.6 Å². The second kappa shape index (κ2) is 7.68. The summed E-state index contributed by atoms with van der Waals surface area (Å²) < 4.78 is 0. The number of nitrogens with zero attached hydrogens (tertiary/aromatic N) is 2. The van der Waals surface area contributed by atoms with E-state index in [1.165, 1.54) is 22.7 Å². The van der Waals surface area contributed by atoms with E-state index in [2.05, 4.69) is 25.8 Å². The van der Waals surface area contributed by atoms with Gasteiger partial charge in [0.15, 0.2) is 5.13 Å². The van der Waals surface area contributed by atoms with Gasteiger partial charge in [0.2, 0.25) is 11.8 Å². The second-order valence-electron chi connectivity index (χ2n) is 5.81. The minimum Gasteiger partial charge on any atom is -0.324 e. The molecule has 7 nitrogen and oxygen atoms in total. The lowest BCUT2D eigenvalue weighted by Gasteiger charge is -2.05. The Morgan fingerprint density at radius 1 is 1.04 bits per heavy atom. The number of H-pyrrole nitrogens is 1. The highest BCUT2D eigenvalue weighted by molar-refractivity contribution is 7.14. The van der Waals surface area contributed by atoms with E-state index >= 15 is 0 Å². The summed E-state index contributed by atoms with van der Waals surface area (Å²) in [5, 5.41) is 17.6. The van der Waals surface area contributed by atoms with E-state index in [1.54, 1.807) is 11.6 Å². The highest BCUT2D eigenvalue weighted by atomic mass is 32.1. The molecule has 0 aliphatic rings. The average Bonchev–Trinajstić information content (AvgIpc) is 3.37. The minimum atomic E-state index is -0.182. The highest BCUT2D eigenvalue weighted by Gasteiger charge is 2.12. The number of thiazole rings is 1. The van der Waals surface area contributed by atoms with Crippen LogP contribution in [0.4, 0.5) is 10.8 Å². The fourth-order valence-electron chi connectivity index (χ4n) is 2.61. The van der Waals surface area contributed by atoms with Gasteiger partial charge in [-0.3, -0.25) is 14.7 Å². The number of rotatable bonds is 6. The number of aromatic amines is 1. The number of anilines is 2. The number of thiophene rings is 1. The Morgan fingerprint density at radius 2 is 1.93 bits per heavy atom. The predicted molar refractivity (Wildman–Crippen MR) is 107 cm³/mol. The molecule has 3 aromatic heterocycles. The van der Waals surface area contributed by atoms with Gasteiger partial charge in [-0.1, -0.05) is 18.2 Å². The number of hydrogen-bond donors (Lipinski definition) is 3. The second-order valence-corrected chi connectivity index (χ2v) is 7.70. The van der Waals surface area contributed by atoms with E-state index in [9.17, 15) is 9.59 Å². The van der Waals surface area contributed by atoms with Crippen LogP contribution in [0.3, 0.4) is 0 Å². The molecule has 0 atom stereocenters. The van der Waals surface area contributed by atoms with Gasteiger partial charge in [0.1, 0.15) is 0 Å². The number of para-hydroxylation sites is 1. The molecule has 9 heteroatoms. The molecule has 1 aromatic carbocycles. The van der Waals surface area contributed by atoms with E-state index in [4.69, 9.17) is 0 Å². The first-order valence-corrected chi connectivity index (χ1v) is 9.92. The van der Waals surface area contributed by atoms with Gasteiger partial charge in [-0.25, -0.2) is 4.98 Å². The summed E-state index contributed by atoms with van der Waals surface area (Å²) >= 11 is 2.85. The van der Waals surface area contributed by atoms with Crippen molar-refractivity contribution >= 4 is 56.2 Å². The lowest BCUT2D eigenvalue weighted by atomic mass is 10.2. The Bertz CT molecular complexity index is 1080. The summed E-state index contributed by atoms with van der Waals surface area (Å²) in [6.45, 7) is 0. The SMILES string of the molecule is O=C(Cc1cccs1)Nc1nc(CC(=O)Nc2cccc3cn[nH]c23)cs1. The van der Waals surface area contributed by atoms with Crippen molar-refractivity contribution in [1.29, 1.82) is 0 Å². The first-order valence-electron chi connectivity index (χ1n) is 8.16. The normalized spacial score (nSPS) is 10.8. The number of nitrogens with one attached hydrogen (secondary N) is 3. The smallest absolute Gasteiger partial charge is 0.231 e. The minimum absolute atomic E-state index is 0.117. The Kier molecular flexibility index (Phi) is 4.95. The summed E-state index contributed by atoms with van der Waals surface area (Å²) in [5.41, 5.74) is 2.07. The summed E-state index contributed by atoms with van der Waals surface area (Å²) in [6, 6.07) is 9.42. The van der Waals surface area contributed by atoms with Gasteiger partial charge in [-0.2, -0.15) is 5.10 Å². The molecule has 27 heavy (non-hydrogen) atoms. The van der Waals surface area contributed by atoms with Crippen molar-refractivity contribution in [2.24, 2.45) is 0 Å². The zero-order valence-electron chi connectivity index (χ0n) is 14.1. The van der Waals surface area contributed by atoms with Crippen molar-refractivity contribution < 1.29 is 9.59 Å². The lowest BCUT2D eigenvalue weighted by molar-refractivity contribution is -0.116. The quantitative estimate of drug-likeness (QED) is 0.464. The van der Waals surface area contributed by atoms with Gasteiger partial charge in [0, 0.05) is 15.6 Å². The maximum atomic E-state index is 12.3. The molecule has 0 aliphatic heterocycles. The van der Waals surface area contributed by atoms with Crippen LogP contribution < -0.4 is 10.6 Å². The summed E-state index contributed by atoms with van der Waals surface area (Å²) in [6.07, 6.45) is 2.15. The van der Waals surface area contributed by atoms with Crippen LogP contribution in [0, 0.1) is 0 Å². The number of carbonyl (C=O) groups is 2. The van der Waals surface area contributed by atoms with Crippen molar-refractivity contribution in [3.8, 4) is 0 Å². The number of fused-ring (bicyclic) bond motifs is 1. The Labute approximate surface area is 162 Å². The molecule has 136 valence electrons. The van der Waals surface area contributed by atoms with E-state index in [0.29, 0.717) is 22.9 Å². The number of hydrogen-bond acceptors (Lipinski definition) is 6. The van der Waals surface area contributed by atoms with E-state index in [1.807, 2.05) is 35.7 Å². The summed E-state index contributed by atoms with van der Waals surface area (Å²) in [7, 11) is 0. The van der Waals surface area contributed by atoms with E-state index < -0.39 is 0 Å². The summed E-state index contributed by atoms with van der Waals surface area (Å²) in [4.78, 5) is 29.7. The fourth-order valence-corrected chi connectivity index (χ4v) is 4.04. The van der Waals surface area contributed by atoms with Crippen LogP contribution in [0.5, 0.6) is 0 Å². The Balaban J connectivity index is 1.35. The van der Waals surface area contributed by atoms with E-state index in [-0.39, 0.29) is 18.2 Å². The molecule has 0 radical (unpaired) electrons. The maximum absolute atomic E-state index is 12.3. The third kappa shape index (κ3) is 4.21. The zero-order valence-corrected chi connectivity index (χ0v) is 15.7. The van der Waals surface area contributed by atoms with Crippen molar-refractivity contribution in [2.45, 2.75) is 12.8 Å². The molecule has 2 amide bonds. The fraction of sp³-hybridized carbons (Fsp3) is 0.111. The standard InChI is InChI=1S/C18H15N5O2S2/c24-15(21-14-5-1-3-11-9-19-23-17(11)14)7-12-10-27-18(20-12)22-16(25)8-13-4-2-6-26-13/h1-6,9-10H,7-8H2,(H,19,23)(H,21,24)(H,20,22,25). The molecule has 3 N–H and O–H groups in total. The lowest BCUT2D eigenvalue weighted by Crippen LogP contribution is -2.16. The zero-order chi connectivity index (χ0) is 18.6. The van der Waals surface area contributed by atoms with Crippen molar-refractivity contribution in [1.82, 2.24) is 15.2 Å². The Hall–Kier alpha value is -3.04. The molecule has 0 bridgehead atoms. The van der Waals surface area contributed by atoms with Gasteiger partial charge in [-0.05, 0) is 17.5 Å².